The van der Waals surface area contributed by atoms with Crippen molar-refractivity contribution in [2.45, 2.75) is 25.4 Å². The lowest BCUT2D eigenvalue weighted by Crippen LogP contribution is -2.19. The van der Waals surface area contributed by atoms with Gasteiger partial charge < -0.3 is 10.5 Å². The Morgan fingerprint density at radius 1 is 1.38 bits per heavy atom. The van der Waals surface area contributed by atoms with Crippen LogP contribution in [0.3, 0.4) is 0 Å². The van der Waals surface area contributed by atoms with Gasteiger partial charge in [-0.05, 0) is 18.9 Å². The van der Waals surface area contributed by atoms with Crippen LogP contribution in [0.2, 0.25) is 5.15 Å². The van der Waals surface area contributed by atoms with Crippen molar-refractivity contribution in [3.8, 4) is 5.88 Å². The summed E-state index contributed by atoms with van der Waals surface area (Å²) in [5.74, 6) is 0.474. The Balaban J connectivity index is 2.04. The lowest BCUT2D eigenvalue weighted by molar-refractivity contribution is 0.182. The van der Waals surface area contributed by atoms with Gasteiger partial charge in [0.2, 0.25) is 5.88 Å². The number of pyridine rings is 1. The van der Waals surface area contributed by atoms with Crippen LogP contribution in [0.1, 0.15) is 19.3 Å². The molecule has 86 valence electrons. The van der Waals surface area contributed by atoms with Crippen molar-refractivity contribution in [2.75, 3.05) is 5.73 Å². The molecule has 0 aliphatic heterocycles. The van der Waals surface area contributed by atoms with Gasteiger partial charge in [0.15, 0.2) is 0 Å². The maximum absolute atomic E-state index is 5.88. The maximum Gasteiger partial charge on any atom is 0.217 e. The van der Waals surface area contributed by atoms with E-state index in [1.165, 1.54) is 0 Å². The number of anilines is 1. The molecule has 0 fully saturated rings. The first kappa shape index (κ1) is 11.6. The van der Waals surface area contributed by atoms with Gasteiger partial charge in [0, 0.05) is 23.2 Å². The van der Waals surface area contributed by atoms with Crippen LogP contribution in [0.25, 0.3) is 0 Å². The molecule has 16 heavy (non-hydrogen) atoms. The third kappa shape index (κ3) is 3.03. The zero-order valence-corrected chi connectivity index (χ0v) is 10.1. The summed E-state index contributed by atoms with van der Waals surface area (Å²) in [6, 6.07) is 3.26. The molecule has 2 N–H and O–H groups in total. The van der Waals surface area contributed by atoms with Crippen LogP contribution < -0.4 is 10.5 Å². The fraction of sp³-hybridized carbons (Fsp3) is 0.364. The van der Waals surface area contributed by atoms with Gasteiger partial charge in [0.25, 0.3) is 0 Å². The van der Waals surface area contributed by atoms with Gasteiger partial charge in [-0.2, -0.15) is 0 Å². The van der Waals surface area contributed by atoms with Crippen molar-refractivity contribution in [1.29, 1.82) is 0 Å². The molecule has 1 heterocycles. The van der Waals surface area contributed by atoms with Crippen LogP contribution in [-0.2, 0) is 0 Å². The molecule has 1 aliphatic carbocycles. The molecule has 0 saturated carbocycles. The Bertz CT molecular complexity index is 400. The third-order valence-electron chi connectivity index (χ3n) is 2.39. The first-order chi connectivity index (χ1) is 7.63. The predicted octanol–water partition coefficient (Wildman–Crippen LogP) is 3.37. The SMILES string of the molecule is Nc1cc(Cl)nc(OC2CC=C(Cl)CC2)c1. The van der Waals surface area contributed by atoms with Gasteiger partial charge in [-0.15, -0.1) is 0 Å². The van der Waals surface area contributed by atoms with E-state index in [9.17, 15) is 0 Å². The molecule has 0 amide bonds. The van der Waals surface area contributed by atoms with Crippen molar-refractivity contribution in [3.63, 3.8) is 0 Å². The van der Waals surface area contributed by atoms with E-state index < -0.39 is 0 Å². The van der Waals surface area contributed by atoms with Crippen LogP contribution in [0, 0.1) is 0 Å². The van der Waals surface area contributed by atoms with Crippen molar-refractivity contribution >= 4 is 28.9 Å². The molecule has 1 aliphatic rings. The third-order valence-corrected chi connectivity index (χ3v) is 2.92. The first-order valence-corrected chi connectivity index (χ1v) is 5.83. The summed E-state index contributed by atoms with van der Waals surface area (Å²) < 4.78 is 5.69. The summed E-state index contributed by atoms with van der Waals surface area (Å²) in [4.78, 5) is 4.06. The summed E-state index contributed by atoms with van der Waals surface area (Å²) >= 11 is 11.7. The molecular weight excluding hydrogens is 247 g/mol. The molecule has 1 aromatic rings. The highest BCUT2D eigenvalue weighted by molar-refractivity contribution is 6.29. The van der Waals surface area contributed by atoms with E-state index in [2.05, 4.69) is 4.98 Å². The van der Waals surface area contributed by atoms with Crippen LogP contribution in [-0.4, -0.2) is 11.1 Å². The molecule has 2 rings (SSSR count). The van der Waals surface area contributed by atoms with Crippen molar-refractivity contribution in [1.82, 2.24) is 4.98 Å². The maximum atomic E-state index is 5.88. The number of hydrogen-bond acceptors (Lipinski definition) is 3. The molecular formula is C11H12Cl2N2O. The zero-order chi connectivity index (χ0) is 11.5. The van der Waals surface area contributed by atoms with Gasteiger partial charge in [-0.1, -0.05) is 29.3 Å². The van der Waals surface area contributed by atoms with Crippen LogP contribution in [0.15, 0.2) is 23.2 Å². The largest absolute Gasteiger partial charge is 0.474 e. The van der Waals surface area contributed by atoms with E-state index in [4.69, 9.17) is 33.7 Å². The number of halogens is 2. The highest BCUT2D eigenvalue weighted by Crippen LogP contribution is 2.25. The van der Waals surface area contributed by atoms with Crippen LogP contribution in [0.5, 0.6) is 5.88 Å². The average Bonchev–Trinajstić information content (AvgIpc) is 2.20. The molecule has 1 aromatic heterocycles. The Labute approximate surface area is 104 Å². The normalized spacial score (nSPS) is 20.4. The van der Waals surface area contributed by atoms with Gasteiger partial charge in [-0.25, -0.2) is 4.98 Å². The Morgan fingerprint density at radius 2 is 2.19 bits per heavy atom. The van der Waals surface area contributed by atoms with Crippen molar-refractivity contribution < 1.29 is 4.74 Å². The van der Waals surface area contributed by atoms with E-state index in [0.29, 0.717) is 16.7 Å². The summed E-state index contributed by atoms with van der Waals surface area (Å²) in [7, 11) is 0. The Kier molecular flexibility index (Phi) is 3.56. The smallest absolute Gasteiger partial charge is 0.217 e. The van der Waals surface area contributed by atoms with E-state index >= 15 is 0 Å². The standard InChI is InChI=1S/C11H12Cl2N2O/c12-7-1-3-9(4-2-7)16-11-6-8(14)5-10(13)15-11/h1,5-6,9H,2-4H2,(H2,14,15). The number of ether oxygens (including phenoxy) is 1. The van der Waals surface area contributed by atoms with E-state index in [1.54, 1.807) is 12.1 Å². The molecule has 0 radical (unpaired) electrons. The van der Waals surface area contributed by atoms with E-state index in [1.807, 2.05) is 6.08 Å². The summed E-state index contributed by atoms with van der Waals surface area (Å²) in [5, 5.41) is 1.25. The summed E-state index contributed by atoms with van der Waals surface area (Å²) in [6.45, 7) is 0. The number of nitrogen functional groups attached to an aromatic ring is 1. The number of aromatic nitrogens is 1. The molecule has 0 bridgehead atoms. The van der Waals surface area contributed by atoms with Crippen molar-refractivity contribution in [2.24, 2.45) is 0 Å². The molecule has 5 heteroatoms. The molecule has 1 unspecified atom stereocenters. The monoisotopic (exact) mass is 258 g/mol. The molecule has 0 saturated heterocycles. The quantitative estimate of drug-likeness (QED) is 0.828. The Hall–Kier alpha value is -0.930. The first-order valence-electron chi connectivity index (χ1n) is 5.08. The number of rotatable bonds is 2. The minimum atomic E-state index is 0.105. The fourth-order valence-electron chi connectivity index (χ4n) is 1.61. The van der Waals surface area contributed by atoms with Gasteiger partial charge in [-0.3, -0.25) is 0 Å². The Morgan fingerprint density at radius 3 is 2.81 bits per heavy atom. The highest BCUT2D eigenvalue weighted by atomic mass is 35.5. The number of nitrogens with zero attached hydrogens (tertiary/aromatic N) is 1. The van der Waals surface area contributed by atoms with E-state index in [0.717, 1.165) is 24.3 Å². The van der Waals surface area contributed by atoms with Gasteiger partial charge in [0.1, 0.15) is 11.3 Å². The number of allylic oxidation sites excluding steroid dienone is 1. The van der Waals surface area contributed by atoms with Crippen molar-refractivity contribution in [3.05, 3.63) is 28.4 Å². The number of hydrogen-bond donors (Lipinski definition) is 1. The highest BCUT2D eigenvalue weighted by Gasteiger charge is 2.15. The lowest BCUT2D eigenvalue weighted by atomic mass is 10.0. The minimum absolute atomic E-state index is 0.105. The van der Waals surface area contributed by atoms with Gasteiger partial charge in [0.05, 0.1) is 0 Å². The average molecular weight is 259 g/mol. The van der Waals surface area contributed by atoms with Crippen LogP contribution >= 0.6 is 23.2 Å². The number of nitrogens with two attached hydrogens (primary N) is 1. The fourth-order valence-corrected chi connectivity index (χ4v) is 2.02. The second kappa shape index (κ2) is 4.93. The molecule has 0 spiro atoms. The topological polar surface area (TPSA) is 48.1 Å². The van der Waals surface area contributed by atoms with Crippen LogP contribution in [0.4, 0.5) is 5.69 Å². The minimum Gasteiger partial charge on any atom is -0.474 e. The second-order valence-corrected chi connectivity index (χ2v) is 4.60. The lowest BCUT2D eigenvalue weighted by Gasteiger charge is -2.20. The molecule has 1 atom stereocenters. The predicted molar refractivity (Wildman–Crippen MR) is 65.9 cm³/mol. The summed E-state index contributed by atoms with van der Waals surface area (Å²) in [6.07, 6.45) is 4.62. The van der Waals surface area contributed by atoms with E-state index in [-0.39, 0.29) is 6.10 Å². The van der Waals surface area contributed by atoms with Gasteiger partial charge >= 0.3 is 0 Å². The second-order valence-electron chi connectivity index (χ2n) is 3.73. The molecule has 0 aromatic carbocycles. The zero-order valence-electron chi connectivity index (χ0n) is 8.62. The summed E-state index contributed by atoms with van der Waals surface area (Å²) in [5.41, 5.74) is 6.20. The molecule has 3 nitrogen and oxygen atoms in total.